The molecule has 2 heterocycles. The van der Waals surface area contributed by atoms with E-state index in [2.05, 4.69) is 57.4 Å². The first kappa shape index (κ1) is 22.4. The Morgan fingerprint density at radius 3 is 2.28 bits per heavy atom. The molecule has 0 unspecified atom stereocenters. The molecule has 2 aromatic carbocycles. The van der Waals surface area contributed by atoms with Crippen LogP contribution in [0.1, 0.15) is 55.5 Å². The van der Waals surface area contributed by atoms with Crippen LogP contribution in [0.25, 0.3) is 22.1 Å². The van der Waals surface area contributed by atoms with Crippen LogP contribution in [0.5, 0.6) is 0 Å². The predicted octanol–water partition coefficient (Wildman–Crippen LogP) is 9.01. The highest BCUT2D eigenvalue weighted by molar-refractivity contribution is 7.10. The number of para-hydroxylation sites is 1. The van der Waals surface area contributed by atoms with Gasteiger partial charge < -0.3 is 9.73 Å². The Bertz CT molecular complexity index is 1260. The van der Waals surface area contributed by atoms with Crippen LogP contribution in [0.4, 0.5) is 16.4 Å². The van der Waals surface area contributed by atoms with Crippen molar-refractivity contribution < 1.29 is 9.21 Å². The molecule has 0 atom stereocenters. The molecular formula is C26H27ClN2O2S. The Kier molecular flexibility index (Phi) is 6.31. The van der Waals surface area contributed by atoms with Crippen LogP contribution in [0.3, 0.4) is 0 Å². The molecular weight excluding hydrogens is 440 g/mol. The lowest BCUT2D eigenvalue weighted by molar-refractivity contribution is 0.261. The van der Waals surface area contributed by atoms with Crippen molar-refractivity contribution in [3.63, 3.8) is 0 Å². The van der Waals surface area contributed by atoms with Crippen molar-refractivity contribution in [1.29, 1.82) is 0 Å². The van der Waals surface area contributed by atoms with Crippen LogP contribution in [0, 0.1) is 6.92 Å². The van der Waals surface area contributed by atoms with E-state index in [1.807, 2.05) is 29.6 Å². The van der Waals surface area contributed by atoms with E-state index in [1.165, 1.54) is 0 Å². The summed E-state index contributed by atoms with van der Waals surface area (Å²) >= 11 is 7.92. The van der Waals surface area contributed by atoms with Crippen LogP contribution in [-0.2, 0) is 0 Å². The normalized spacial score (nSPS) is 11.5. The summed E-state index contributed by atoms with van der Waals surface area (Å²) in [6, 6.07) is 13.4. The van der Waals surface area contributed by atoms with E-state index >= 15 is 0 Å². The number of amides is 2. The number of halogens is 1. The first-order valence-corrected chi connectivity index (χ1v) is 12.0. The van der Waals surface area contributed by atoms with E-state index in [0.29, 0.717) is 16.5 Å². The lowest BCUT2D eigenvalue weighted by atomic mass is 9.93. The zero-order chi connectivity index (χ0) is 23.0. The van der Waals surface area contributed by atoms with Crippen LogP contribution in [0.2, 0.25) is 5.02 Å². The van der Waals surface area contributed by atoms with Crippen molar-refractivity contribution in [1.82, 2.24) is 0 Å². The summed E-state index contributed by atoms with van der Waals surface area (Å²) in [6.07, 6.45) is 0. The SMILES string of the molecule is Cc1sccc1-c1c(NC(=O)Nc2c(C(C)C)cccc2C(C)C)oc2ccc(Cl)cc12. The van der Waals surface area contributed by atoms with E-state index in [1.54, 1.807) is 17.4 Å². The van der Waals surface area contributed by atoms with Gasteiger partial charge in [0, 0.05) is 26.5 Å². The summed E-state index contributed by atoms with van der Waals surface area (Å²) in [6.45, 7) is 10.6. The maximum Gasteiger partial charge on any atom is 0.326 e. The Hall–Kier alpha value is -2.76. The fraction of sp³-hybridized carbons (Fsp3) is 0.269. The molecule has 0 saturated heterocycles. The Balaban J connectivity index is 1.74. The molecule has 2 amide bonds. The molecule has 2 N–H and O–H groups in total. The molecule has 0 fully saturated rings. The van der Waals surface area contributed by atoms with Gasteiger partial charge in [0.15, 0.2) is 0 Å². The maximum atomic E-state index is 13.2. The van der Waals surface area contributed by atoms with Crippen LogP contribution < -0.4 is 10.6 Å². The number of hydrogen-bond acceptors (Lipinski definition) is 3. The second-order valence-electron chi connectivity index (χ2n) is 8.54. The van der Waals surface area contributed by atoms with Crippen molar-refractivity contribution in [3.8, 4) is 11.1 Å². The summed E-state index contributed by atoms with van der Waals surface area (Å²) in [5.41, 5.74) is 5.63. The molecule has 0 aliphatic heterocycles. The Morgan fingerprint density at radius 1 is 1.00 bits per heavy atom. The molecule has 0 spiro atoms. The number of nitrogens with one attached hydrogen (secondary N) is 2. The Labute approximate surface area is 197 Å². The third-order valence-electron chi connectivity index (χ3n) is 5.62. The zero-order valence-corrected chi connectivity index (χ0v) is 20.4. The standard InChI is InChI=1S/C26H27ClN2O2S/c1-14(2)18-7-6-8-19(15(3)4)24(18)28-26(30)29-25-23(20-11-12-32-16(20)5)21-13-17(27)9-10-22(21)31-25/h6-15H,1-5H3,(H2,28,29,30). The van der Waals surface area contributed by atoms with Gasteiger partial charge in [0.2, 0.25) is 5.88 Å². The third-order valence-corrected chi connectivity index (χ3v) is 6.70. The first-order valence-electron chi connectivity index (χ1n) is 10.7. The molecule has 32 heavy (non-hydrogen) atoms. The van der Waals surface area contributed by atoms with Gasteiger partial charge in [-0.2, -0.15) is 0 Å². The minimum atomic E-state index is -0.334. The van der Waals surface area contributed by atoms with E-state index < -0.39 is 0 Å². The number of furan rings is 1. The monoisotopic (exact) mass is 466 g/mol. The highest BCUT2D eigenvalue weighted by Gasteiger charge is 2.22. The average molecular weight is 467 g/mol. The molecule has 6 heteroatoms. The van der Waals surface area contributed by atoms with Crippen LogP contribution in [-0.4, -0.2) is 6.03 Å². The molecule has 0 aliphatic carbocycles. The molecule has 4 aromatic rings. The van der Waals surface area contributed by atoms with Gasteiger partial charge in [-0.1, -0.05) is 57.5 Å². The minimum Gasteiger partial charge on any atom is -0.440 e. The van der Waals surface area contributed by atoms with E-state index in [0.717, 1.165) is 38.2 Å². The summed E-state index contributed by atoms with van der Waals surface area (Å²) in [5, 5.41) is 9.59. The van der Waals surface area contributed by atoms with Gasteiger partial charge >= 0.3 is 6.03 Å². The van der Waals surface area contributed by atoms with Crippen molar-refractivity contribution in [2.24, 2.45) is 0 Å². The van der Waals surface area contributed by atoms with Gasteiger partial charge in [-0.15, -0.1) is 11.3 Å². The number of aryl methyl sites for hydroxylation is 1. The number of rotatable bonds is 5. The second kappa shape index (κ2) is 9.00. The lowest BCUT2D eigenvalue weighted by Crippen LogP contribution is -2.21. The molecule has 0 bridgehead atoms. The van der Waals surface area contributed by atoms with E-state index in [-0.39, 0.29) is 17.9 Å². The molecule has 166 valence electrons. The molecule has 0 aliphatic rings. The molecule has 0 saturated carbocycles. The van der Waals surface area contributed by atoms with Gasteiger partial charge in [0.05, 0.1) is 5.56 Å². The van der Waals surface area contributed by atoms with E-state index in [4.69, 9.17) is 16.0 Å². The minimum absolute atomic E-state index is 0.279. The fourth-order valence-electron chi connectivity index (χ4n) is 4.01. The van der Waals surface area contributed by atoms with Crippen molar-refractivity contribution in [2.45, 2.75) is 46.5 Å². The quantitative estimate of drug-likeness (QED) is 0.308. The lowest BCUT2D eigenvalue weighted by Gasteiger charge is -2.20. The van der Waals surface area contributed by atoms with Crippen molar-refractivity contribution in [2.75, 3.05) is 10.6 Å². The molecule has 4 nitrogen and oxygen atoms in total. The van der Waals surface area contributed by atoms with Gasteiger partial charge in [-0.25, -0.2) is 4.79 Å². The highest BCUT2D eigenvalue weighted by Crippen LogP contribution is 2.42. The van der Waals surface area contributed by atoms with Crippen LogP contribution >= 0.6 is 22.9 Å². The van der Waals surface area contributed by atoms with Crippen molar-refractivity contribution in [3.05, 3.63) is 68.9 Å². The topological polar surface area (TPSA) is 54.3 Å². The molecule has 2 aromatic heterocycles. The maximum absolute atomic E-state index is 13.2. The largest absolute Gasteiger partial charge is 0.440 e. The highest BCUT2D eigenvalue weighted by atomic mass is 35.5. The zero-order valence-electron chi connectivity index (χ0n) is 18.9. The molecule has 4 rings (SSSR count). The third kappa shape index (κ3) is 4.27. The average Bonchev–Trinajstić information content (AvgIpc) is 3.29. The summed E-state index contributed by atoms with van der Waals surface area (Å²) < 4.78 is 6.07. The fourth-order valence-corrected chi connectivity index (χ4v) is 4.89. The number of anilines is 2. The number of fused-ring (bicyclic) bond motifs is 1. The van der Waals surface area contributed by atoms with Crippen LogP contribution in [0.15, 0.2) is 52.3 Å². The number of carbonyl (C=O) groups is 1. The number of carbonyl (C=O) groups excluding carboxylic acids is 1. The smallest absolute Gasteiger partial charge is 0.326 e. The molecule has 0 radical (unpaired) electrons. The van der Waals surface area contributed by atoms with Gasteiger partial charge in [0.1, 0.15) is 5.58 Å². The number of hydrogen-bond donors (Lipinski definition) is 2. The second-order valence-corrected chi connectivity index (χ2v) is 10.1. The predicted molar refractivity (Wildman–Crippen MR) is 137 cm³/mol. The van der Waals surface area contributed by atoms with Gasteiger partial charge in [0.25, 0.3) is 0 Å². The summed E-state index contributed by atoms with van der Waals surface area (Å²) in [7, 11) is 0. The first-order chi connectivity index (χ1) is 15.3. The number of benzene rings is 2. The van der Waals surface area contributed by atoms with Gasteiger partial charge in [-0.3, -0.25) is 5.32 Å². The van der Waals surface area contributed by atoms with E-state index in [9.17, 15) is 4.79 Å². The Morgan fingerprint density at radius 2 is 1.69 bits per heavy atom. The number of thiophene rings is 1. The summed E-state index contributed by atoms with van der Waals surface area (Å²) in [4.78, 5) is 14.3. The summed E-state index contributed by atoms with van der Waals surface area (Å²) in [5.74, 6) is 0.970. The number of urea groups is 1. The van der Waals surface area contributed by atoms with Gasteiger partial charge in [-0.05, 0) is 59.5 Å². The van der Waals surface area contributed by atoms with Crippen molar-refractivity contribution >= 4 is 51.5 Å².